The zero-order valence-electron chi connectivity index (χ0n) is 13.3. The number of hydrogen-bond donors (Lipinski definition) is 2. The van der Waals surface area contributed by atoms with Gasteiger partial charge in [-0.2, -0.15) is 0 Å². The van der Waals surface area contributed by atoms with E-state index in [0.717, 1.165) is 12.0 Å². The van der Waals surface area contributed by atoms with Gasteiger partial charge in [0.2, 0.25) is 0 Å². The molecule has 0 saturated carbocycles. The molecule has 0 radical (unpaired) electrons. The number of hydrogen-bond acceptors (Lipinski definition) is 3. The number of ether oxygens (including phenoxy) is 1. The van der Waals surface area contributed by atoms with Crippen LogP contribution in [0.1, 0.15) is 39.6 Å². The number of hydrazine groups is 1. The van der Waals surface area contributed by atoms with E-state index in [1.165, 1.54) is 0 Å². The fraction of sp³-hybridized carbons (Fsp3) is 0.222. The average Bonchev–Trinajstić information content (AvgIpc) is 2.57. The summed E-state index contributed by atoms with van der Waals surface area (Å²) >= 11 is 0. The smallest absolute Gasteiger partial charge is 0.269 e. The van der Waals surface area contributed by atoms with Gasteiger partial charge in [-0.3, -0.25) is 20.4 Å². The van der Waals surface area contributed by atoms with Gasteiger partial charge in [0.15, 0.2) is 0 Å². The van der Waals surface area contributed by atoms with E-state index in [0.29, 0.717) is 23.5 Å². The summed E-state index contributed by atoms with van der Waals surface area (Å²) in [4.78, 5) is 24.1. The standard InChI is InChI=1S/C18H20N2O3/c1-3-10-23-16-9-5-8-15(12-16)18(22)20-19-17(21)14-7-4-6-13(2)11-14/h4-9,11-12H,3,10H2,1-2H3,(H,19,21)(H,20,22). The van der Waals surface area contributed by atoms with Crippen molar-refractivity contribution in [2.24, 2.45) is 0 Å². The van der Waals surface area contributed by atoms with Crippen molar-refractivity contribution in [1.82, 2.24) is 10.9 Å². The molecule has 0 unspecified atom stereocenters. The molecule has 2 N–H and O–H groups in total. The van der Waals surface area contributed by atoms with Gasteiger partial charge < -0.3 is 4.74 Å². The van der Waals surface area contributed by atoms with Crippen LogP contribution in [0.4, 0.5) is 0 Å². The molecular weight excluding hydrogens is 292 g/mol. The molecule has 0 spiro atoms. The van der Waals surface area contributed by atoms with Gasteiger partial charge in [0.1, 0.15) is 5.75 Å². The summed E-state index contributed by atoms with van der Waals surface area (Å²) in [6.45, 7) is 4.50. The zero-order chi connectivity index (χ0) is 16.7. The molecule has 0 aliphatic carbocycles. The predicted molar refractivity (Wildman–Crippen MR) is 88.3 cm³/mol. The first-order valence-corrected chi connectivity index (χ1v) is 7.50. The second-order valence-electron chi connectivity index (χ2n) is 5.15. The number of rotatable bonds is 5. The molecule has 0 aliphatic rings. The van der Waals surface area contributed by atoms with Crippen LogP contribution in [-0.2, 0) is 0 Å². The Kier molecular flexibility index (Phi) is 5.74. The summed E-state index contributed by atoms with van der Waals surface area (Å²) in [5.41, 5.74) is 6.70. The molecule has 5 nitrogen and oxygen atoms in total. The predicted octanol–water partition coefficient (Wildman–Crippen LogP) is 2.86. The molecule has 2 aromatic rings. The van der Waals surface area contributed by atoms with Crippen molar-refractivity contribution in [2.75, 3.05) is 6.61 Å². The molecule has 5 heteroatoms. The highest BCUT2D eigenvalue weighted by Gasteiger charge is 2.10. The first-order chi connectivity index (χ1) is 11.1. The first-order valence-electron chi connectivity index (χ1n) is 7.50. The van der Waals surface area contributed by atoms with Gasteiger partial charge in [0, 0.05) is 11.1 Å². The van der Waals surface area contributed by atoms with Crippen LogP contribution in [0.3, 0.4) is 0 Å². The SMILES string of the molecule is CCCOc1cccc(C(=O)NNC(=O)c2cccc(C)c2)c1. The van der Waals surface area contributed by atoms with E-state index in [-0.39, 0.29) is 5.91 Å². The molecule has 2 rings (SSSR count). The Morgan fingerprint density at radius 1 is 0.957 bits per heavy atom. The van der Waals surface area contributed by atoms with Crippen LogP contribution < -0.4 is 15.6 Å². The maximum atomic E-state index is 12.1. The van der Waals surface area contributed by atoms with E-state index in [2.05, 4.69) is 10.9 Å². The maximum absolute atomic E-state index is 12.1. The van der Waals surface area contributed by atoms with Crippen molar-refractivity contribution in [3.63, 3.8) is 0 Å². The molecule has 120 valence electrons. The Labute approximate surface area is 135 Å². The van der Waals surface area contributed by atoms with Crippen LogP contribution in [0.25, 0.3) is 0 Å². The Bertz CT molecular complexity index is 698. The van der Waals surface area contributed by atoms with Gasteiger partial charge in [0.25, 0.3) is 11.8 Å². The van der Waals surface area contributed by atoms with Crippen LogP contribution in [0.2, 0.25) is 0 Å². The molecule has 23 heavy (non-hydrogen) atoms. The lowest BCUT2D eigenvalue weighted by molar-refractivity contribution is 0.0846. The number of benzene rings is 2. The number of amides is 2. The van der Waals surface area contributed by atoms with Crippen LogP contribution in [0.15, 0.2) is 48.5 Å². The van der Waals surface area contributed by atoms with Gasteiger partial charge in [-0.25, -0.2) is 0 Å². The number of carbonyl (C=O) groups is 2. The molecular formula is C18H20N2O3. The fourth-order valence-electron chi connectivity index (χ4n) is 1.99. The Morgan fingerprint density at radius 2 is 1.57 bits per heavy atom. The van der Waals surface area contributed by atoms with Gasteiger partial charge in [-0.15, -0.1) is 0 Å². The average molecular weight is 312 g/mol. The molecule has 0 fully saturated rings. The summed E-state index contributed by atoms with van der Waals surface area (Å²) < 4.78 is 5.49. The van der Waals surface area contributed by atoms with E-state index in [1.807, 2.05) is 19.9 Å². The minimum atomic E-state index is -0.395. The minimum absolute atomic E-state index is 0.361. The van der Waals surface area contributed by atoms with Crippen LogP contribution >= 0.6 is 0 Å². The van der Waals surface area contributed by atoms with E-state index in [9.17, 15) is 9.59 Å². The van der Waals surface area contributed by atoms with E-state index in [1.54, 1.807) is 42.5 Å². The largest absolute Gasteiger partial charge is 0.494 e. The molecule has 2 aromatic carbocycles. The number of aryl methyl sites for hydroxylation is 1. The summed E-state index contributed by atoms with van der Waals surface area (Å²) in [7, 11) is 0. The first kappa shape index (κ1) is 16.5. The minimum Gasteiger partial charge on any atom is -0.494 e. The Morgan fingerprint density at radius 3 is 2.17 bits per heavy atom. The summed E-state index contributed by atoms with van der Waals surface area (Å²) in [5, 5.41) is 0. The normalized spacial score (nSPS) is 10.0. The lowest BCUT2D eigenvalue weighted by Crippen LogP contribution is -2.41. The fourth-order valence-corrected chi connectivity index (χ4v) is 1.99. The van der Waals surface area contributed by atoms with Crippen molar-refractivity contribution in [1.29, 1.82) is 0 Å². The molecule has 0 bridgehead atoms. The molecule has 0 atom stereocenters. The Hall–Kier alpha value is -2.82. The number of nitrogens with one attached hydrogen (secondary N) is 2. The molecule has 0 aliphatic heterocycles. The van der Waals surface area contributed by atoms with Crippen molar-refractivity contribution in [2.45, 2.75) is 20.3 Å². The molecule has 0 aromatic heterocycles. The lowest BCUT2D eigenvalue weighted by atomic mass is 10.1. The van der Waals surface area contributed by atoms with Crippen molar-refractivity contribution < 1.29 is 14.3 Å². The topological polar surface area (TPSA) is 67.4 Å². The quantitative estimate of drug-likeness (QED) is 0.834. The molecule has 0 saturated heterocycles. The third kappa shape index (κ3) is 4.85. The van der Waals surface area contributed by atoms with Crippen molar-refractivity contribution in [3.8, 4) is 5.75 Å². The van der Waals surface area contributed by atoms with E-state index < -0.39 is 5.91 Å². The van der Waals surface area contributed by atoms with Crippen molar-refractivity contribution >= 4 is 11.8 Å². The highest BCUT2D eigenvalue weighted by atomic mass is 16.5. The lowest BCUT2D eigenvalue weighted by Gasteiger charge is -2.09. The summed E-state index contributed by atoms with van der Waals surface area (Å²) in [6.07, 6.45) is 0.892. The van der Waals surface area contributed by atoms with Crippen LogP contribution in [0.5, 0.6) is 5.75 Å². The third-order valence-corrected chi connectivity index (χ3v) is 3.14. The van der Waals surface area contributed by atoms with Gasteiger partial charge in [0.05, 0.1) is 6.61 Å². The van der Waals surface area contributed by atoms with Crippen LogP contribution in [0, 0.1) is 6.92 Å². The maximum Gasteiger partial charge on any atom is 0.269 e. The Balaban J connectivity index is 1.95. The van der Waals surface area contributed by atoms with Crippen molar-refractivity contribution in [3.05, 3.63) is 65.2 Å². The highest BCUT2D eigenvalue weighted by Crippen LogP contribution is 2.13. The molecule has 2 amide bonds. The second kappa shape index (κ2) is 7.98. The summed E-state index contributed by atoms with van der Waals surface area (Å²) in [5.74, 6) is -0.127. The third-order valence-electron chi connectivity index (χ3n) is 3.14. The monoisotopic (exact) mass is 312 g/mol. The summed E-state index contributed by atoms with van der Waals surface area (Å²) in [6, 6.07) is 14.0. The highest BCUT2D eigenvalue weighted by molar-refractivity contribution is 5.99. The molecule has 0 heterocycles. The number of carbonyl (C=O) groups excluding carboxylic acids is 2. The van der Waals surface area contributed by atoms with Gasteiger partial charge in [-0.05, 0) is 43.7 Å². The zero-order valence-corrected chi connectivity index (χ0v) is 13.3. The second-order valence-corrected chi connectivity index (χ2v) is 5.15. The van der Waals surface area contributed by atoms with E-state index in [4.69, 9.17) is 4.74 Å². The van der Waals surface area contributed by atoms with Gasteiger partial charge in [-0.1, -0.05) is 30.7 Å². The van der Waals surface area contributed by atoms with Crippen LogP contribution in [-0.4, -0.2) is 18.4 Å². The van der Waals surface area contributed by atoms with Gasteiger partial charge >= 0.3 is 0 Å². The van der Waals surface area contributed by atoms with E-state index >= 15 is 0 Å².